The Hall–Kier alpha value is -2.18. The maximum Gasteiger partial charge on any atom is 0.496 e. The van der Waals surface area contributed by atoms with E-state index < -0.39 is 7.12 Å². The first kappa shape index (κ1) is 19.2. The van der Waals surface area contributed by atoms with Gasteiger partial charge in [-0.2, -0.15) is 0 Å². The van der Waals surface area contributed by atoms with Gasteiger partial charge in [0.25, 0.3) is 0 Å². The maximum absolute atomic E-state index is 12.1. The minimum absolute atomic E-state index is 0.199. The van der Waals surface area contributed by atoms with Crippen molar-refractivity contribution in [1.82, 2.24) is 4.98 Å². The van der Waals surface area contributed by atoms with Crippen LogP contribution in [0.5, 0.6) is 0 Å². The van der Waals surface area contributed by atoms with Crippen LogP contribution in [-0.2, 0) is 14.1 Å². The number of aromatic nitrogens is 1. The van der Waals surface area contributed by atoms with Crippen molar-refractivity contribution in [2.75, 3.05) is 11.4 Å². The van der Waals surface area contributed by atoms with E-state index in [1.807, 2.05) is 63.1 Å². The van der Waals surface area contributed by atoms with E-state index in [1.165, 1.54) is 0 Å². The number of pyridine rings is 1. The summed E-state index contributed by atoms with van der Waals surface area (Å²) >= 11 is 0. The van der Waals surface area contributed by atoms with E-state index in [9.17, 15) is 4.79 Å². The predicted molar refractivity (Wildman–Crippen MR) is 112 cm³/mol. The second kappa shape index (κ2) is 6.71. The molecule has 0 N–H and O–H groups in total. The molecule has 2 saturated heterocycles. The van der Waals surface area contributed by atoms with Crippen molar-refractivity contribution in [3.63, 3.8) is 0 Å². The third kappa shape index (κ3) is 3.35. The van der Waals surface area contributed by atoms with Crippen molar-refractivity contribution >= 4 is 24.2 Å². The Bertz CT molecular complexity index is 879. The molecule has 2 aliphatic rings. The van der Waals surface area contributed by atoms with Crippen molar-refractivity contribution in [3.8, 4) is 11.1 Å². The van der Waals surface area contributed by atoms with Gasteiger partial charge in [-0.3, -0.25) is 9.78 Å². The summed E-state index contributed by atoms with van der Waals surface area (Å²) in [7, 11) is -0.430. The van der Waals surface area contributed by atoms with Crippen LogP contribution in [0.1, 0.15) is 41.0 Å². The van der Waals surface area contributed by atoms with Crippen LogP contribution in [0.25, 0.3) is 11.1 Å². The molecular formula is C22H27BN2O3. The molecule has 2 aliphatic heterocycles. The van der Waals surface area contributed by atoms with Gasteiger partial charge in [-0.1, -0.05) is 25.1 Å². The van der Waals surface area contributed by atoms with E-state index in [4.69, 9.17) is 9.31 Å². The Morgan fingerprint density at radius 2 is 1.68 bits per heavy atom. The van der Waals surface area contributed by atoms with E-state index in [-0.39, 0.29) is 17.1 Å². The summed E-state index contributed by atoms with van der Waals surface area (Å²) in [6.45, 7) is 11.1. The van der Waals surface area contributed by atoms with E-state index in [0.717, 1.165) is 28.8 Å². The van der Waals surface area contributed by atoms with Crippen molar-refractivity contribution in [1.29, 1.82) is 0 Å². The molecule has 6 heteroatoms. The smallest absolute Gasteiger partial charge is 0.399 e. The van der Waals surface area contributed by atoms with Gasteiger partial charge >= 0.3 is 7.12 Å². The lowest BCUT2D eigenvalue weighted by Crippen LogP contribution is -2.41. The summed E-state index contributed by atoms with van der Waals surface area (Å²) < 4.78 is 12.3. The van der Waals surface area contributed by atoms with Crippen LogP contribution in [0.15, 0.2) is 42.7 Å². The first-order valence-electron chi connectivity index (χ1n) is 9.88. The number of anilines is 1. The van der Waals surface area contributed by atoms with Crippen molar-refractivity contribution < 1.29 is 14.1 Å². The normalized spacial score (nSPS) is 23.5. The number of rotatable bonds is 3. The van der Waals surface area contributed by atoms with E-state index in [1.54, 1.807) is 6.20 Å². The van der Waals surface area contributed by atoms with Gasteiger partial charge in [0.1, 0.15) is 0 Å². The number of benzene rings is 1. The standard InChI is InChI=1S/C22H27BN2O3/c1-15-10-20(26)25(14-15)19-8-6-16(7-9-19)17-11-18(13-24-12-17)23-27-21(2,3)22(4,5)28-23/h6-9,11-13,15H,10,14H2,1-5H3/t15-/m0/s1. The van der Waals surface area contributed by atoms with E-state index >= 15 is 0 Å². The van der Waals surface area contributed by atoms with Crippen molar-refractivity contribution in [3.05, 3.63) is 42.7 Å². The fourth-order valence-corrected chi connectivity index (χ4v) is 3.69. The van der Waals surface area contributed by atoms with Gasteiger partial charge in [-0.25, -0.2) is 0 Å². The molecule has 1 aromatic carbocycles. The molecule has 2 fully saturated rings. The molecule has 0 saturated carbocycles. The highest BCUT2D eigenvalue weighted by molar-refractivity contribution is 6.62. The second-order valence-corrected chi connectivity index (χ2v) is 8.96. The molecular weight excluding hydrogens is 351 g/mol. The largest absolute Gasteiger partial charge is 0.496 e. The Labute approximate surface area is 167 Å². The summed E-state index contributed by atoms with van der Waals surface area (Å²) in [6.07, 6.45) is 4.26. The van der Waals surface area contributed by atoms with Crippen LogP contribution in [0.4, 0.5) is 5.69 Å². The molecule has 0 bridgehead atoms. The zero-order chi connectivity index (χ0) is 20.1. The third-order valence-electron chi connectivity index (χ3n) is 6.12. The summed E-state index contributed by atoms with van der Waals surface area (Å²) in [5.74, 6) is 0.609. The molecule has 146 valence electrons. The highest BCUT2D eigenvalue weighted by Crippen LogP contribution is 2.36. The summed E-state index contributed by atoms with van der Waals surface area (Å²) in [5.41, 5.74) is 3.15. The molecule has 2 aromatic rings. The number of hydrogen-bond donors (Lipinski definition) is 0. The van der Waals surface area contributed by atoms with Crippen LogP contribution >= 0.6 is 0 Å². The van der Waals surface area contributed by atoms with Crippen LogP contribution in [-0.4, -0.2) is 35.8 Å². The van der Waals surface area contributed by atoms with Gasteiger partial charge in [0.15, 0.2) is 0 Å². The number of carbonyl (C=O) groups excluding carboxylic acids is 1. The molecule has 1 amide bonds. The summed E-state index contributed by atoms with van der Waals surface area (Å²) in [4.78, 5) is 18.4. The number of nitrogens with zero attached hydrogens (tertiary/aromatic N) is 2. The summed E-state index contributed by atoms with van der Waals surface area (Å²) in [6, 6.07) is 10.2. The molecule has 0 radical (unpaired) electrons. The molecule has 0 unspecified atom stereocenters. The lowest BCUT2D eigenvalue weighted by Gasteiger charge is -2.32. The van der Waals surface area contributed by atoms with Gasteiger partial charge in [-0.15, -0.1) is 0 Å². The highest BCUT2D eigenvalue weighted by Gasteiger charge is 2.51. The topological polar surface area (TPSA) is 51.7 Å². The monoisotopic (exact) mass is 378 g/mol. The van der Waals surface area contributed by atoms with Crippen LogP contribution in [0.3, 0.4) is 0 Å². The quantitative estimate of drug-likeness (QED) is 0.768. The van der Waals surface area contributed by atoms with Crippen LogP contribution < -0.4 is 10.4 Å². The van der Waals surface area contributed by atoms with Gasteiger partial charge in [0, 0.05) is 36.5 Å². The van der Waals surface area contributed by atoms with Gasteiger partial charge < -0.3 is 14.2 Å². The first-order valence-corrected chi connectivity index (χ1v) is 9.88. The zero-order valence-electron chi connectivity index (χ0n) is 17.2. The number of hydrogen-bond acceptors (Lipinski definition) is 4. The minimum atomic E-state index is -0.430. The van der Waals surface area contributed by atoms with Gasteiger partial charge in [-0.05, 0) is 56.9 Å². The fourth-order valence-electron chi connectivity index (χ4n) is 3.69. The highest BCUT2D eigenvalue weighted by atomic mass is 16.7. The molecule has 1 aromatic heterocycles. The van der Waals surface area contributed by atoms with Crippen LogP contribution in [0.2, 0.25) is 0 Å². The minimum Gasteiger partial charge on any atom is -0.399 e. The Morgan fingerprint density at radius 3 is 2.25 bits per heavy atom. The molecule has 0 aliphatic carbocycles. The molecule has 1 atom stereocenters. The Morgan fingerprint density at radius 1 is 1.04 bits per heavy atom. The lowest BCUT2D eigenvalue weighted by atomic mass is 9.79. The fraction of sp³-hybridized carbons (Fsp3) is 0.455. The summed E-state index contributed by atoms with van der Waals surface area (Å²) in [5, 5.41) is 0. The SMILES string of the molecule is C[C@H]1CC(=O)N(c2ccc(-c3cncc(B4OC(C)(C)C(C)(C)O4)c3)cc2)C1. The average molecular weight is 378 g/mol. The zero-order valence-corrected chi connectivity index (χ0v) is 17.2. The van der Waals surface area contributed by atoms with Gasteiger partial charge in [0.05, 0.1) is 11.2 Å². The predicted octanol–water partition coefficient (Wildman–Crippen LogP) is 3.42. The van der Waals surface area contributed by atoms with E-state index in [0.29, 0.717) is 12.3 Å². The molecule has 5 nitrogen and oxygen atoms in total. The average Bonchev–Trinajstić information content (AvgIpc) is 3.09. The van der Waals surface area contributed by atoms with Gasteiger partial charge in [0.2, 0.25) is 5.91 Å². The second-order valence-electron chi connectivity index (χ2n) is 8.96. The molecule has 0 spiro atoms. The Balaban J connectivity index is 1.56. The molecule has 3 heterocycles. The van der Waals surface area contributed by atoms with Crippen molar-refractivity contribution in [2.45, 2.75) is 52.2 Å². The lowest BCUT2D eigenvalue weighted by molar-refractivity contribution is -0.117. The van der Waals surface area contributed by atoms with Crippen LogP contribution in [0, 0.1) is 5.92 Å². The third-order valence-corrected chi connectivity index (χ3v) is 6.12. The number of amides is 1. The Kier molecular flexibility index (Phi) is 4.59. The number of carbonyl (C=O) groups is 1. The molecule has 4 rings (SSSR count). The molecule has 28 heavy (non-hydrogen) atoms. The van der Waals surface area contributed by atoms with Crippen molar-refractivity contribution in [2.24, 2.45) is 5.92 Å². The maximum atomic E-state index is 12.1. The van der Waals surface area contributed by atoms with E-state index in [2.05, 4.69) is 18.0 Å². The first-order chi connectivity index (χ1) is 13.2.